The Bertz CT molecular complexity index is 1190. The smallest absolute Gasteiger partial charge is 0.254 e. The summed E-state index contributed by atoms with van der Waals surface area (Å²) in [6.45, 7) is 4.79. The number of carbonyl (C=O) groups excluding carboxylic acids is 2. The third-order valence-electron chi connectivity index (χ3n) is 9.23. The maximum Gasteiger partial charge on any atom is 0.254 e. The first-order chi connectivity index (χ1) is 19.4. The predicted octanol–water partition coefficient (Wildman–Crippen LogP) is 4.39. The van der Waals surface area contributed by atoms with Gasteiger partial charge in [-0.15, -0.1) is 0 Å². The average Bonchev–Trinajstić information content (AvgIpc) is 3.84. The lowest BCUT2D eigenvalue weighted by molar-refractivity contribution is -0.128. The number of hydrogen-bond donors (Lipinski definition) is 2. The van der Waals surface area contributed by atoms with E-state index < -0.39 is 6.04 Å². The van der Waals surface area contributed by atoms with Gasteiger partial charge in [-0.2, -0.15) is 5.26 Å². The predicted molar refractivity (Wildman–Crippen MR) is 156 cm³/mol. The van der Waals surface area contributed by atoms with Gasteiger partial charge in [0, 0.05) is 37.3 Å². The van der Waals surface area contributed by atoms with E-state index in [9.17, 15) is 14.9 Å². The number of rotatable bonds is 9. The Morgan fingerprint density at radius 2 is 1.62 bits per heavy atom. The molecule has 2 atom stereocenters. The molecule has 3 aliphatic rings. The third-order valence-corrected chi connectivity index (χ3v) is 9.23. The first kappa shape index (κ1) is 28.3. The van der Waals surface area contributed by atoms with Gasteiger partial charge in [0.2, 0.25) is 5.91 Å². The second kappa shape index (κ2) is 13.0. The van der Waals surface area contributed by atoms with E-state index in [-0.39, 0.29) is 17.9 Å². The molecule has 212 valence electrons. The summed E-state index contributed by atoms with van der Waals surface area (Å²) >= 11 is 0. The van der Waals surface area contributed by atoms with E-state index in [0.29, 0.717) is 48.5 Å². The van der Waals surface area contributed by atoms with Crippen LogP contribution in [0.25, 0.3) is 0 Å². The van der Waals surface area contributed by atoms with Gasteiger partial charge in [0.05, 0.1) is 11.6 Å². The number of benzene rings is 2. The van der Waals surface area contributed by atoms with Gasteiger partial charge in [0.15, 0.2) is 0 Å². The molecular formula is C33H43N5O2. The Balaban J connectivity index is 1.30. The van der Waals surface area contributed by atoms with Crippen LogP contribution in [0.3, 0.4) is 0 Å². The minimum atomic E-state index is -0.491. The van der Waals surface area contributed by atoms with Crippen LogP contribution >= 0.6 is 0 Å². The molecule has 0 spiro atoms. The average molecular weight is 542 g/mol. The highest BCUT2D eigenvalue weighted by molar-refractivity contribution is 5.97. The molecule has 0 aromatic heterocycles. The van der Waals surface area contributed by atoms with E-state index in [4.69, 9.17) is 5.73 Å². The van der Waals surface area contributed by atoms with Gasteiger partial charge >= 0.3 is 0 Å². The molecule has 7 nitrogen and oxygen atoms in total. The van der Waals surface area contributed by atoms with E-state index in [1.807, 2.05) is 60.4 Å². The standard InChI is InChI=1S/C33H43N5O2/c1-23-2-12-28(13-3-23)33(40)37-17-16-30(38(29-14-15-29)22-27-10-6-25(20-35)7-11-27)18-31(37)32(39)36-21-26-8-4-24(19-34)5-9-26/h2-3,6-7,10-13,24,26,29-31H,4-5,8-9,14-19,21-22,34H2,1H3,(H,36,39)/t24?,26?,30?,31-/m1/s1. The van der Waals surface area contributed by atoms with Gasteiger partial charge in [-0.25, -0.2) is 0 Å². The second-order valence-corrected chi connectivity index (χ2v) is 12.1. The van der Waals surface area contributed by atoms with Gasteiger partial charge in [-0.05, 0) is 106 Å². The second-order valence-electron chi connectivity index (χ2n) is 12.1. The molecule has 1 aliphatic heterocycles. The van der Waals surface area contributed by atoms with Crippen LogP contribution in [0.15, 0.2) is 48.5 Å². The fourth-order valence-electron chi connectivity index (χ4n) is 6.49. The number of carbonyl (C=O) groups is 2. The molecule has 0 bridgehead atoms. The number of likely N-dealkylation sites (tertiary alicyclic amines) is 1. The molecule has 2 saturated carbocycles. The monoisotopic (exact) mass is 541 g/mol. The first-order valence-electron chi connectivity index (χ1n) is 15.1. The quantitative estimate of drug-likeness (QED) is 0.490. The largest absolute Gasteiger partial charge is 0.354 e. The molecule has 1 unspecified atom stereocenters. The summed E-state index contributed by atoms with van der Waals surface area (Å²) in [6, 6.07) is 17.9. The fraction of sp³-hybridized carbons (Fsp3) is 0.545. The topological polar surface area (TPSA) is 102 Å². The highest BCUT2D eigenvalue weighted by atomic mass is 16.2. The van der Waals surface area contributed by atoms with Gasteiger partial charge in [0.1, 0.15) is 6.04 Å². The minimum Gasteiger partial charge on any atom is -0.354 e. The first-order valence-corrected chi connectivity index (χ1v) is 15.1. The summed E-state index contributed by atoms with van der Waals surface area (Å²) in [5.41, 5.74) is 9.46. The Labute approximate surface area is 238 Å². The van der Waals surface area contributed by atoms with Gasteiger partial charge in [-0.3, -0.25) is 14.5 Å². The summed E-state index contributed by atoms with van der Waals surface area (Å²) in [5.74, 6) is 0.997. The van der Waals surface area contributed by atoms with Crippen LogP contribution in [0.5, 0.6) is 0 Å². The lowest BCUT2D eigenvalue weighted by atomic mass is 9.82. The minimum absolute atomic E-state index is 0.0276. The Hall–Kier alpha value is -3.21. The zero-order valence-electron chi connectivity index (χ0n) is 23.7. The van der Waals surface area contributed by atoms with Crippen molar-refractivity contribution in [1.29, 1.82) is 5.26 Å². The van der Waals surface area contributed by atoms with Crippen molar-refractivity contribution in [3.8, 4) is 6.07 Å². The van der Waals surface area contributed by atoms with Crippen LogP contribution in [-0.2, 0) is 11.3 Å². The SMILES string of the molecule is Cc1ccc(C(=O)N2CCC(N(Cc3ccc(C#N)cc3)C3CC3)C[C@@H]2C(=O)NCC2CCC(CN)CC2)cc1. The molecule has 2 amide bonds. The van der Waals surface area contributed by atoms with E-state index in [1.165, 1.54) is 18.4 Å². The normalized spacial score (nSPS) is 24.9. The molecule has 1 saturated heterocycles. The zero-order chi connectivity index (χ0) is 28.1. The molecule has 1 heterocycles. The molecule has 2 aromatic carbocycles. The maximum atomic E-state index is 13.8. The molecular weight excluding hydrogens is 498 g/mol. The van der Waals surface area contributed by atoms with Crippen LogP contribution in [0, 0.1) is 30.1 Å². The van der Waals surface area contributed by atoms with Gasteiger partial charge in [-0.1, -0.05) is 29.8 Å². The number of nitriles is 1. The summed E-state index contributed by atoms with van der Waals surface area (Å²) in [5, 5.41) is 12.4. The molecule has 5 rings (SSSR count). The van der Waals surface area contributed by atoms with Crippen LogP contribution < -0.4 is 11.1 Å². The maximum absolute atomic E-state index is 13.8. The Morgan fingerprint density at radius 1 is 0.950 bits per heavy atom. The van der Waals surface area contributed by atoms with Crippen molar-refractivity contribution in [1.82, 2.24) is 15.1 Å². The molecule has 0 radical (unpaired) electrons. The van der Waals surface area contributed by atoms with Gasteiger partial charge < -0.3 is 16.0 Å². The fourth-order valence-corrected chi connectivity index (χ4v) is 6.49. The summed E-state index contributed by atoms with van der Waals surface area (Å²) in [4.78, 5) is 31.8. The molecule has 2 aromatic rings. The van der Waals surface area contributed by atoms with Crippen molar-refractivity contribution >= 4 is 11.8 Å². The van der Waals surface area contributed by atoms with E-state index >= 15 is 0 Å². The summed E-state index contributed by atoms with van der Waals surface area (Å²) in [7, 11) is 0. The molecule has 7 heteroatoms. The number of nitrogens with zero attached hydrogens (tertiary/aromatic N) is 3. The lowest BCUT2D eigenvalue weighted by Gasteiger charge is -2.43. The highest BCUT2D eigenvalue weighted by Gasteiger charge is 2.42. The van der Waals surface area contributed by atoms with Crippen molar-refractivity contribution in [3.05, 3.63) is 70.8 Å². The van der Waals surface area contributed by atoms with Crippen LogP contribution in [0.1, 0.15) is 78.4 Å². The van der Waals surface area contributed by atoms with E-state index in [0.717, 1.165) is 50.8 Å². The summed E-state index contributed by atoms with van der Waals surface area (Å²) in [6.07, 6.45) is 8.27. The van der Waals surface area contributed by atoms with Crippen LogP contribution in [0.4, 0.5) is 0 Å². The van der Waals surface area contributed by atoms with Crippen molar-refractivity contribution in [2.24, 2.45) is 17.6 Å². The Kier molecular flexibility index (Phi) is 9.18. The number of nitrogens with two attached hydrogens (primary N) is 1. The van der Waals surface area contributed by atoms with E-state index in [1.54, 1.807) is 0 Å². The van der Waals surface area contributed by atoms with Crippen molar-refractivity contribution < 1.29 is 9.59 Å². The van der Waals surface area contributed by atoms with Crippen molar-refractivity contribution in [3.63, 3.8) is 0 Å². The van der Waals surface area contributed by atoms with Crippen molar-refractivity contribution in [2.75, 3.05) is 19.6 Å². The van der Waals surface area contributed by atoms with E-state index in [2.05, 4.69) is 16.3 Å². The van der Waals surface area contributed by atoms with Crippen LogP contribution in [-0.4, -0.2) is 59.4 Å². The Morgan fingerprint density at radius 3 is 2.25 bits per heavy atom. The number of hydrogen-bond acceptors (Lipinski definition) is 5. The highest BCUT2D eigenvalue weighted by Crippen LogP contribution is 2.35. The number of aryl methyl sites for hydroxylation is 1. The molecule has 3 fully saturated rings. The number of piperidine rings is 1. The molecule has 2 aliphatic carbocycles. The molecule has 3 N–H and O–H groups in total. The molecule has 40 heavy (non-hydrogen) atoms. The van der Waals surface area contributed by atoms with Gasteiger partial charge in [0.25, 0.3) is 5.91 Å². The number of amides is 2. The third kappa shape index (κ3) is 6.92. The summed E-state index contributed by atoms with van der Waals surface area (Å²) < 4.78 is 0. The van der Waals surface area contributed by atoms with Crippen LogP contribution in [0.2, 0.25) is 0 Å². The zero-order valence-corrected chi connectivity index (χ0v) is 23.7. The van der Waals surface area contributed by atoms with Crippen molar-refractivity contribution in [2.45, 2.75) is 83.0 Å². The lowest BCUT2D eigenvalue weighted by Crippen LogP contribution is -2.58. The number of nitrogens with one attached hydrogen (secondary N) is 1.